The number of alkyl halides is 6. The minimum Gasteiger partial charge on any atom is -0.506 e. The molecule has 240 valence electrons. The van der Waals surface area contributed by atoms with Crippen LogP contribution in [0.25, 0.3) is 0 Å². The van der Waals surface area contributed by atoms with Crippen LogP contribution in [0.15, 0.2) is 72.8 Å². The molecule has 2 fully saturated rings. The zero-order valence-corrected chi connectivity index (χ0v) is 23.7. The van der Waals surface area contributed by atoms with Gasteiger partial charge in [-0.2, -0.15) is 26.3 Å². The number of benzene rings is 3. The third-order valence-corrected chi connectivity index (χ3v) is 9.00. The smallest absolute Gasteiger partial charge is 0.411 e. The van der Waals surface area contributed by atoms with E-state index in [4.69, 9.17) is 4.74 Å². The van der Waals surface area contributed by atoms with Crippen LogP contribution in [0, 0.1) is 23.7 Å². The number of amides is 3. The van der Waals surface area contributed by atoms with E-state index in [1.165, 1.54) is 31.4 Å². The Morgan fingerprint density at radius 1 is 0.804 bits per heavy atom. The number of nitrogens with one attached hydrogen (secondary N) is 1. The van der Waals surface area contributed by atoms with E-state index in [1.807, 2.05) is 0 Å². The lowest BCUT2D eigenvalue weighted by molar-refractivity contribution is -0.288. The Kier molecular flexibility index (Phi) is 7.09. The summed E-state index contributed by atoms with van der Waals surface area (Å²) in [6.45, 7) is 0. The first kappa shape index (κ1) is 31.0. The normalized spacial score (nSPS) is 22.4. The van der Waals surface area contributed by atoms with Crippen molar-refractivity contribution >= 4 is 29.1 Å². The molecule has 46 heavy (non-hydrogen) atoms. The standard InChI is InChI=1S/C32H24F6N2O6/c1-46-20-8-4-15(5-9-20)27(43)39-21-13-18(6-10-23(21)41)30(31(33,34)35,32(36,37)38)19-7-11-24(42)22(14-19)40-28(44)25-16-2-3-17(12-16)26(25)29(40)45/h2-11,13-14,16-17,25-26,41-42H,12H2,1H3,(H,39,43). The highest BCUT2D eigenvalue weighted by atomic mass is 19.4. The Bertz CT molecular complexity index is 1740. The molecule has 6 rings (SSSR count). The lowest BCUT2D eigenvalue weighted by Gasteiger charge is -2.39. The van der Waals surface area contributed by atoms with Crippen LogP contribution in [0.2, 0.25) is 0 Å². The lowest BCUT2D eigenvalue weighted by Crippen LogP contribution is -2.54. The molecule has 1 saturated heterocycles. The number of rotatable bonds is 6. The maximum absolute atomic E-state index is 15.0. The minimum atomic E-state index is -6.10. The number of allylic oxidation sites excluding steroid dienone is 2. The van der Waals surface area contributed by atoms with Gasteiger partial charge in [0.05, 0.1) is 30.3 Å². The van der Waals surface area contributed by atoms with Gasteiger partial charge in [-0.05, 0) is 77.9 Å². The van der Waals surface area contributed by atoms with Crippen molar-refractivity contribution in [2.75, 3.05) is 17.3 Å². The summed E-state index contributed by atoms with van der Waals surface area (Å²) in [7, 11) is 1.37. The number of imide groups is 1. The van der Waals surface area contributed by atoms with E-state index in [0.29, 0.717) is 53.5 Å². The summed E-state index contributed by atoms with van der Waals surface area (Å²) in [4.78, 5) is 40.0. The van der Waals surface area contributed by atoms with E-state index in [0.717, 1.165) is 0 Å². The minimum absolute atomic E-state index is 0.0416. The van der Waals surface area contributed by atoms with Crippen molar-refractivity contribution in [3.63, 3.8) is 0 Å². The van der Waals surface area contributed by atoms with Crippen molar-refractivity contribution in [1.29, 1.82) is 0 Å². The Balaban J connectivity index is 1.46. The van der Waals surface area contributed by atoms with Crippen LogP contribution in [-0.2, 0) is 15.0 Å². The predicted molar refractivity (Wildman–Crippen MR) is 150 cm³/mol. The van der Waals surface area contributed by atoms with Gasteiger partial charge in [0.15, 0.2) is 0 Å². The number of methoxy groups -OCH3 is 1. The topological polar surface area (TPSA) is 116 Å². The summed E-state index contributed by atoms with van der Waals surface area (Å²) in [6, 6.07) is 8.01. The van der Waals surface area contributed by atoms with E-state index < -0.39 is 81.3 Å². The summed E-state index contributed by atoms with van der Waals surface area (Å²) in [5, 5.41) is 23.1. The summed E-state index contributed by atoms with van der Waals surface area (Å²) in [5.41, 5.74) is -9.32. The number of halogens is 6. The number of aromatic hydroxyl groups is 2. The summed E-state index contributed by atoms with van der Waals surface area (Å²) in [6.07, 6.45) is -8.18. The van der Waals surface area contributed by atoms with Crippen LogP contribution in [0.1, 0.15) is 27.9 Å². The number of carbonyl (C=O) groups excluding carboxylic acids is 3. The van der Waals surface area contributed by atoms with Crippen LogP contribution < -0.4 is 15.0 Å². The van der Waals surface area contributed by atoms with Crippen LogP contribution in [0.5, 0.6) is 17.2 Å². The summed E-state index contributed by atoms with van der Waals surface area (Å²) in [5.74, 6) is -6.21. The number of phenols is 2. The largest absolute Gasteiger partial charge is 0.506 e. The molecule has 14 heteroatoms. The molecular formula is C32H24F6N2O6. The van der Waals surface area contributed by atoms with Gasteiger partial charge in [0.25, 0.3) is 5.91 Å². The molecule has 1 aliphatic heterocycles. The van der Waals surface area contributed by atoms with Gasteiger partial charge in [-0.3, -0.25) is 14.4 Å². The molecule has 0 aromatic heterocycles. The van der Waals surface area contributed by atoms with Gasteiger partial charge in [-0.15, -0.1) is 0 Å². The molecule has 1 heterocycles. The van der Waals surface area contributed by atoms with E-state index in [2.05, 4.69) is 5.32 Å². The third kappa shape index (κ3) is 4.49. The number of hydrogen-bond acceptors (Lipinski definition) is 6. The Morgan fingerprint density at radius 3 is 1.85 bits per heavy atom. The maximum atomic E-state index is 15.0. The second-order valence-electron chi connectivity index (χ2n) is 11.4. The molecule has 3 N–H and O–H groups in total. The van der Waals surface area contributed by atoms with Gasteiger partial charge in [0, 0.05) is 5.56 Å². The fourth-order valence-corrected chi connectivity index (χ4v) is 6.86. The van der Waals surface area contributed by atoms with Gasteiger partial charge >= 0.3 is 12.4 Å². The van der Waals surface area contributed by atoms with Crippen molar-refractivity contribution in [1.82, 2.24) is 0 Å². The molecule has 3 aliphatic rings. The highest BCUT2D eigenvalue weighted by Gasteiger charge is 2.73. The number of hydrogen-bond donors (Lipinski definition) is 3. The van der Waals surface area contributed by atoms with Crippen molar-refractivity contribution in [2.24, 2.45) is 23.7 Å². The molecular weight excluding hydrogens is 622 g/mol. The van der Waals surface area contributed by atoms with Gasteiger partial charge in [0.2, 0.25) is 17.2 Å². The fraction of sp³-hybridized carbons (Fsp3) is 0.281. The second kappa shape index (κ2) is 10.5. The van der Waals surface area contributed by atoms with E-state index in [9.17, 15) is 24.6 Å². The van der Waals surface area contributed by atoms with Crippen LogP contribution >= 0.6 is 0 Å². The zero-order chi connectivity index (χ0) is 33.3. The molecule has 4 atom stereocenters. The van der Waals surface area contributed by atoms with Crippen LogP contribution in [-0.4, -0.2) is 47.4 Å². The van der Waals surface area contributed by atoms with E-state index in [-0.39, 0.29) is 17.4 Å². The average molecular weight is 647 g/mol. The number of nitrogens with zero attached hydrogens (tertiary/aromatic N) is 1. The number of anilines is 2. The first-order chi connectivity index (χ1) is 21.6. The van der Waals surface area contributed by atoms with Crippen molar-refractivity contribution in [2.45, 2.75) is 24.2 Å². The summed E-state index contributed by atoms with van der Waals surface area (Å²) >= 11 is 0. The molecule has 0 spiro atoms. The Hall–Kier alpha value is -5.01. The number of ether oxygens (including phenoxy) is 1. The number of phenolic OH excluding ortho intramolecular Hbond substituents is 2. The highest BCUT2D eigenvalue weighted by molar-refractivity contribution is 6.23. The zero-order valence-electron chi connectivity index (χ0n) is 23.7. The average Bonchev–Trinajstić information content (AvgIpc) is 3.68. The lowest BCUT2D eigenvalue weighted by atomic mass is 9.72. The number of carbonyl (C=O) groups is 3. The highest BCUT2D eigenvalue weighted by Crippen LogP contribution is 2.59. The Morgan fingerprint density at radius 2 is 1.33 bits per heavy atom. The monoisotopic (exact) mass is 646 g/mol. The van der Waals surface area contributed by atoms with Gasteiger partial charge < -0.3 is 20.3 Å². The fourth-order valence-electron chi connectivity index (χ4n) is 6.86. The van der Waals surface area contributed by atoms with Gasteiger partial charge in [0.1, 0.15) is 17.2 Å². The molecule has 3 amide bonds. The van der Waals surface area contributed by atoms with Gasteiger partial charge in [-0.25, -0.2) is 4.90 Å². The SMILES string of the molecule is COc1ccc(C(=O)Nc2cc(C(c3ccc(O)c(N4C(=O)C5C6C=CC(C6)C5C4=O)c3)(C(F)(F)F)C(F)(F)F)ccc2O)cc1. The first-order valence-electron chi connectivity index (χ1n) is 13.9. The molecule has 0 radical (unpaired) electrons. The molecule has 8 nitrogen and oxygen atoms in total. The predicted octanol–water partition coefficient (Wildman–Crippen LogP) is 6.08. The van der Waals surface area contributed by atoms with Crippen LogP contribution in [0.4, 0.5) is 37.7 Å². The quantitative estimate of drug-likeness (QED) is 0.129. The molecule has 4 unspecified atom stereocenters. The van der Waals surface area contributed by atoms with Crippen molar-refractivity contribution in [3.8, 4) is 17.2 Å². The van der Waals surface area contributed by atoms with Crippen molar-refractivity contribution < 1.29 is 55.7 Å². The molecule has 2 bridgehead atoms. The second-order valence-corrected chi connectivity index (χ2v) is 11.4. The van der Waals surface area contributed by atoms with Gasteiger partial charge in [-0.1, -0.05) is 24.3 Å². The summed E-state index contributed by atoms with van der Waals surface area (Å²) < 4.78 is 95.2. The first-order valence-corrected chi connectivity index (χ1v) is 13.9. The van der Waals surface area contributed by atoms with E-state index >= 15 is 26.3 Å². The maximum Gasteiger partial charge on any atom is 0.411 e. The Labute approximate surface area is 256 Å². The molecule has 3 aromatic rings. The molecule has 3 aromatic carbocycles. The third-order valence-electron chi connectivity index (χ3n) is 9.00. The molecule has 1 saturated carbocycles. The number of fused-ring (bicyclic) bond motifs is 5. The van der Waals surface area contributed by atoms with Crippen molar-refractivity contribution in [3.05, 3.63) is 89.5 Å². The molecule has 2 aliphatic carbocycles. The van der Waals surface area contributed by atoms with E-state index in [1.54, 1.807) is 12.2 Å². The van der Waals surface area contributed by atoms with Crippen LogP contribution in [0.3, 0.4) is 0 Å².